The molecular weight excluding hydrogens is 260 g/mol. The first-order valence-corrected chi connectivity index (χ1v) is 7.15. The Morgan fingerprint density at radius 1 is 1.35 bits per heavy atom. The fraction of sp³-hybridized carbons (Fsp3) is 0.364. The summed E-state index contributed by atoms with van der Waals surface area (Å²) in [6.45, 7) is 3.70. The van der Waals surface area contributed by atoms with E-state index in [0.29, 0.717) is 17.3 Å². The number of hydrogen-bond acceptors (Lipinski definition) is 3. The molecule has 0 amide bonds. The molecule has 1 heterocycles. The zero-order chi connectivity index (χ0) is 12.7. The van der Waals surface area contributed by atoms with Crippen LogP contribution in [0.4, 0.5) is 0 Å². The van der Waals surface area contributed by atoms with E-state index >= 15 is 0 Å². The Balaban J connectivity index is 2.57. The van der Waals surface area contributed by atoms with E-state index < -0.39 is 15.6 Å². The van der Waals surface area contributed by atoms with Crippen LogP contribution in [0.1, 0.15) is 19.4 Å². The molecule has 0 spiro atoms. The van der Waals surface area contributed by atoms with Gasteiger partial charge in [0.2, 0.25) is 0 Å². The fourth-order valence-electron chi connectivity index (χ4n) is 1.55. The molecule has 0 saturated carbocycles. The molecule has 0 unspecified atom stereocenters. The molecule has 1 N–H and O–H groups in total. The molecule has 1 aromatic rings. The molecule has 0 bridgehead atoms. The van der Waals surface area contributed by atoms with Crippen LogP contribution in [0.5, 0.6) is 0 Å². The molecule has 6 heteroatoms. The van der Waals surface area contributed by atoms with Gasteiger partial charge in [-0.3, -0.25) is 9.71 Å². The predicted octanol–water partition coefficient (Wildman–Crippen LogP) is 1.74. The van der Waals surface area contributed by atoms with E-state index in [9.17, 15) is 8.42 Å². The summed E-state index contributed by atoms with van der Waals surface area (Å²) in [5.41, 5.74) is 0.0994. The first-order valence-electron chi connectivity index (χ1n) is 5.14. The predicted molar refractivity (Wildman–Crippen MR) is 68.1 cm³/mol. The van der Waals surface area contributed by atoms with Gasteiger partial charge in [-0.2, -0.15) is 0 Å². The summed E-state index contributed by atoms with van der Waals surface area (Å²) in [6, 6.07) is 6.77. The zero-order valence-electron chi connectivity index (χ0n) is 9.57. The Bertz CT molecular complexity index is 579. The van der Waals surface area contributed by atoms with E-state index in [1.807, 2.05) is 13.8 Å². The smallest absolute Gasteiger partial charge is 0.263 e. The van der Waals surface area contributed by atoms with Crippen molar-refractivity contribution in [3.63, 3.8) is 0 Å². The zero-order valence-corrected chi connectivity index (χ0v) is 11.1. The van der Waals surface area contributed by atoms with Crippen molar-refractivity contribution in [1.82, 2.24) is 4.72 Å². The second-order valence-corrected chi connectivity index (χ2v) is 6.43. The third-order valence-electron chi connectivity index (χ3n) is 2.40. The van der Waals surface area contributed by atoms with Gasteiger partial charge in [0.05, 0.1) is 10.4 Å². The highest BCUT2D eigenvalue weighted by Crippen LogP contribution is 2.24. The van der Waals surface area contributed by atoms with Crippen LogP contribution in [0.15, 0.2) is 34.2 Å². The van der Waals surface area contributed by atoms with Crippen molar-refractivity contribution in [2.75, 3.05) is 5.88 Å². The van der Waals surface area contributed by atoms with Crippen molar-refractivity contribution in [2.45, 2.75) is 24.3 Å². The van der Waals surface area contributed by atoms with E-state index in [2.05, 4.69) is 9.71 Å². The van der Waals surface area contributed by atoms with Gasteiger partial charge in [-0.25, -0.2) is 8.42 Å². The van der Waals surface area contributed by atoms with Crippen LogP contribution >= 0.6 is 11.6 Å². The number of nitrogens with one attached hydrogen (secondary N) is 1. The average molecular weight is 273 g/mol. The lowest BCUT2D eigenvalue weighted by Crippen LogP contribution is -2.28. The molecule has 2 rings (SSSR count). The van der Waals surface area contributed by atoms with Gasteiger partial charge in [0, 0.05) is 11.4 Å². The summed E-state index contributed by atoms with van der Waals surface area (Å²) in [5, 5.41) is 0. The van der Waals surface area contributed by atoms with Gasteiger partial charge in [-0.15, -0.1) is 11.6 Å². The summed E-state index contributed by atoms with van der Waals surface area (Å²) in [6.07, 6.45) is 0. The number of aliphatic imine (C=N–C) groups is 1. The molecule has 1 aromatic carbocycles. The van der Waals surface area contributed by atoms with Crippen LogP contribution in [0.25, 0.3) is 0 Å². The summed E-state index contributed by atoms with van der Waals surface area (Å²) < 4.78 is 26.1. The molecule has 0 saturated heterocycles. The maximum atomic E-state index is 11.8. The van der Waals surface area contributed by atoms with Gasteiger partial charge in [-0.1, -0.05) is 12.1 Å². The van der Waals surface area contributed by atoms with Crippen molar-refractivity contribution >= 4 is 27.5 Å². The van der Waals surface area contributed by atoms with Gasteiger partial charge in [0.25, 0.3) is 10.0 Å². The fourth-order valence-corrected chi connectivity index (χ4v) is 2.84. The SMILES string of the molecule is CC(C)(CCl)N=C1NS(=O)(=O)c2ccccc21. The topological polar surface area (TPSA) is 58.5 Å². The molecule has 0 aromatic heterocycles. The lowest BCUT2D eigenvalue weighted by atomic mass is 10.1. The minimum atomic E-state index is -3.46. The lowest BCUT2D eigenvalue weighted by molar-refractivity contribution is 0.586. The molecule has 4 nitrogen and oxygen atoms in total. The van der Waals surface area contributed by atoms with Gasteiger partial charge in [-0.05, 0) is 26.0 Å². The minimum absolute atomic E-state index is 0.268. The maximum absolute atomic E-state index is 11.8. The van der Waals surface area contributed by atoms with Crippen LogP contribution < -0.4 is 4.72 Å². The highest BCUT2D eigenvalue weighted by Gasteiger charge is 2.31. The van der Waals surface area contributed by atoms with Crippen molar-refractivity contribution in [3.8, 4) is 0 Å². The molecule has 0 radical (unpaired) electrons. The van der Waals surface area contributed by atoms with Gasteiger partial charge in [0.1, 0.15) is 5.84 Å². The first-order chi connectivity index (χ1) is 7.86. The molecule has 17 heavy (non-hydrogen) atoms. The van der Waals surface area contributed by atoms with Crippen molar-refractivity contribution in [1.29, 1.82) is 0 Å². The second-order valence-electron chi connectivity index (χ2n) is 4.51. The van der Waals surface area contributed by atoms with E-state index in [4.69, 9.17) is 11.6 Å². The number of rotatable bonds is 2. The molecule has 92 valence electrons. The Morgan fingerprint density at radius 3 is 2.65 bits per heavy atom. The van der Waals surface area contributed by atoms with Gasteiger partial charge >= 0.3 is 0 Å². The highest BCUT2D eigenvalue weighted by atomic mass is 35.5. The van der Waals surface area contributed by atoms with E-state index in [0.717, 1.165) is 0 Å². The standard InChI is InChI=1S/C11H13ClN2O2S/c1-11(2,7-12)13-10-8-5-3-4-6-9(8)17(15,16)14-10/h3-6H,7H2,1-2H3,(H,13,14). The van der Waals surface area contributed by atoms with Gasteiger partial charge in [0.15, 0.2) is 0 Å². The third kappa shape index (κ3) is 2.30. The highest BCUT2D eigenvalue weighted by molar-refractivity contribution is 7.90. The molecule has 0 fully saturated rings. The monoisotopic (exact) mass is 272 g/mol. The first kappa shape index (κ1) is 12.4. The van der Waals surface area contributed by atoms with E-state index in [1.165, 1.54) is 0 Å². The van der Waals surface area contributed by atoms with Crippen molar-refractivity contribution < 1.29 is 8.42 Å². The number of alkyl halides is 1. The van der Waals surface area contributed by atoms with E-state index in [-0.39, 0.29) is 4.90 Å². The van der Waals surface area contributed by atoms with Crippen molar-refractivity contribution in [2.24, 2.45) is 4.99 Å². The number of halogens is 1. The summed E-state index contributed by atoms with van der Waals surface area (Å²) >= 11 is 5.79. The Hall–Kier alpha value is -1.07. The molecular formula is C11H13ClN2O2S. The van der Waals surface area contributed by atoms with Gasteiger partial charge < -0.3 is 0 Å². The normalized spacial score (nSPS) is 20.1. The number of fused-ring (bicyclic) bond motifs is 1. The quantitative estimate of drug-likeness (QED) is 0.834. The largest absolute Gasteiger partial charge is 0.263 e. The summed E-state index contributed by atoms with van der Waals surface area (Å²) in [4.78, 5) is 4.63. The molecule has 0 aliphatic carbocycles. The number of nitrogens with zero attached hydrogens (tertiary/aromatic N) is 1. The second kappa shape index (κ2) is 3.99. The third-order valence-corrected chi connectivity index (χ3v) is 4.46. The molecule has 0 atom stereocenters. The van der Waals surface area contributed by atoms with Crippen LogP contribution in [-0.4, -0.2) is 25.7 Å². The summed E-state index contributed by atoms with van der Waals surface area (Å²) in [7, 11) is -3.46. The van der Waals surface area contributed by atoms with Crippen LogP contribution in [0.3, 0.4) is 0 Å². The number of sulfonamides is 1. The number of hydrogen-bond donors (Lipinski definition) is 1. The molecule has 1 aliphatic rings. The minimum Gasteiger partial charge on any atom is -0.263 e. The average Bonchev–Trinajstić information content (AvgIpc) is 2.51. The van der Waals surface area contributed by atoms with Crippen LogP contribution in [0, 0.1) is 0 Å². The van der Waals surface area contributed by atoms with E-state index in [1.54, 1.807) is 24.3 Å². The number of benzene rings is 1. The lowest BCUT2D eigenvalue weighted by Gasteiger charge is -2.16. The molecule has 1 aliphatic heterocycles. The van der Waals surface area contributed by atoms with Crippen molar-refractivity contribution in [3.05, 3.63) is 29.8 Å². The summed E-state index contributed by atoms with van der Waals surface area (Å²) in [5.74, 6) is 0.687. The number of amidine groups is 1. The Morgan fingerprint density at radius 2 is 2.00 bits per heavy atom. The Labute approximate surface area is 106 Å². The maximum Gasteiger partial charge on any atom is 0.263 e. The van der Waals surface area contributed by atoms with Crippen LogP contribution in [-0.2, 0) is 10.0 Å². The van der Waals surface area contributed by atoms with Crippen LogP contribution in [0.2, 0.25) is 0 Å². The Kier molecular flexibility index (Phi) is 2.91.